The molecule has 0 bridgehead atoms. The molecule has 0 spiro atoms. The average Bonchev–Trinajstić information content (AvgIpc) is 2.74. The molecule has 2 fully saturated rings. The van der Waals surface area contributed by atoms with Crippen LogP contribution in [0.4, 0.5) is 9.59 Å². The van der Waals surface area contributed by atoms with E-state index in [0.29, 0.717) is 19.7 Å². The lowest BCUT2D eigenvalue weighted by Gasteiger charge is -2.37. The van der Waals surface area contributed by atoms with Crippen molar-refractivity contribution in [3.8, 4) is 0 Å². The third-order valence-electron chi connectivity index (χ3n) is 5.57. The van der Waals surface area contributed by atoms with Crippen molar-refractivity contribution >= 4 is 12.1 Å². The molecule has 2 aliphatic rings. The van der Waals surface area contributed by atoms with Crippen molar-refractivity contribution in [2.45, 2.75) is 32.2 Å². The molecule has 0 aromatic heterocycles. The number of nitrogens with one attached hydrogen (secondary N) is 1. The van der Waals surface area contributed by atoms with E-state index >= 15 is 0 Å². The Labute approximate surface area is 167 Å². The number of ether oxygens (including phenoxy) is 1. The summed E-state index contributed by atoms with van der Waals surface area (Å²) >= 11 is 0. The number of hydrogen-bond donors (Lipinski definition) is 1. The molecule has 1 N–H and O–H groups in total. The molecule has 0 aliphatic carbocycles. The highest BCUT2D eigenvalue weighted by Gasteiger charge is 2.27. The number of likely N-dealkylation sites (tertiary alicyclic amines) is 1. The van der Waals surface area contributed by atoms with Gasteiger partial charge in [0.05, 0.1) is 6.61 Å². The number of piperazine rings is 1. The first kappa shape index (κ1) is 20.5. The standard InChI is InChI=1S/C21H32N4O3/c1-2-28-21(27)25-12-9-19(10-13-25)22-20(26)24-16-14-23(15-17-24)11-8-18-6-4-3-5-7-18/h3-7,19H,2,8-17H2,1H3,(H,22,26). The van der Waals surface area contributed by atoms with Crippen LogP contribution in [0.3, 0.4) is 0 Å². The maximum atomic E-state index is 12.6. The summed E-state index contributed by atoms with van der Waals surface area (Å²) in [6.45, 7) is 7.88. The van der Waals surface area contributed by atoms with Gasteiger partial charge in [-0.05, 0) is 31.7 Å². The van der Waals surface area contributed by atoms with Crippen LogP contribution in [0, 0.1) is 0 Å². The molecule has 28 heavy (non-hydrogen) atoms. The first-order valence-electron chi connectivity index (χ1n) is 10.4. The van der Waals surface area contributed by atoms with Crippen molar-refractivity contribution in [3.05, 3.63) is 35.9 Å². The maximum absolute atomic E-state index is 12.6. The summed E-state index contributed by atoms with van der Waals surface area (Å²) in [5.74, 6) is 0. The van der Waals surface area contributed by atoms with Gasteiger partial charge in [0.15, 0.2) is 0 Å². The Morgan fingerprint density at radius 2 is 1.68 bits per heavy atom. The number of carbonyl (C=O) groups is 2. The topological polar surface area (TPSA) is 65.1 Å². The van der Waals surface area contributed by atoms with Gasteiger partial charge in [0, 0.05) is 51.9 Å². The van der Waals surface area contributed by atoms with Gasteiger partial charge in [-0.25, -0.2) is 9.59 Å². The third-order valence-corrected chi connectivity index (χ3v) is 5.57. The second kappa shape index (κ2) is 10.3. The van der Waals surface area contributed by atoms with Gasteiger partial charge in [0.1, 0.15) is 0 Å². The summed E-state index contributed by atoms with van der Waals surface area (Å²) in [5.41, 5.74) is 1.36. The molecule has 0 radical (unpaired) electrons. The second-order valence-corrected chi connectivity index (χ2v) is 7.47. The molecule has 0 unspecified atom stereocenters. The zero-order valence-corrected chi connectivity index (χ0v) is 16.8. The van der Waals surface area contributed by atoms with Crippen LogP contribution in [0.5, 0.6) is 0 Å². The molecule has 154 valence electrons. The van der Waals surface area contributed by atoms with E-state index in [2.05, 4.69) is 34.5 Å². The highest BCUT2D eigenvalue weighted by molar-refractivity contribution is 5.74. The van der Waals surface area contributed by atoms with Crippen molar-refractivity contribution in [2.24, 2.45) is 0 Å². The minimum absolute atomic E-state index is 0.0253. The van der Waals surface area contributed by atoms with Crippen LogP contribution in [0.2, 0.25) is 0 Å². The van der Waals surface area contributed by atoms with E-state index < -0.39 is 0 Å². The number of benzene rings is 1. The third kappa shape index (κ3) is 5.86. The molecule has 2 saturated heterocycles. The number of carbonyl (C=O) groups excluding carboxylic acids is 2. The molecule has 2 aliphatic heterocycles. The van der Waals surface area contributed by atoms with Crippen molar-refractivity contribution in [3.63, 3.8) is 0 Å². The van der Waals surface area contributed by atoms with Crippen LogP contribution < -0.4 is 5.32 Å². The van der Waals surface area contributed by atoms with Crippen LogP contribution in [0.25, 0.3) is 0 Å². The van der Waals surface area contributed by atoms with Crippen molar-refractivity contribution in [1.82, 2.24) is 20.0 Å². The summed E-state index contributed by atoms with van der Waals surface area (Å²) in [6.07, 6.45) is 2.36. The van der Waals surface area contributed by atoms with Gasteiger partial charge in [0.2, 0.25) is 0 Å². The minimum atomic E-state index is -0.251. The Bertz CT molecular complexity index is 624. The summed E-state index contributed by atoms with van der Waals surface area (Å²) in [7, 11) is 0. The molecular formula is C21H32N4O3. The molecule has 7 heteroatoms. The smallest absolute Gasteiger partial charge is 0.409 e. The molecule has 3 amide bonds. The van der Waals surface area contributed by atoms with Gasteiger partial charge in [-0.15, -0.1) is 0 Å². The lowest BCUT2D eigenvalue weighted by molar-refractivity contribution is 0.0941. The zero-order valence-electron chi connectivity index (χ0n) is 16.8. The first-order chi connectivity index (χ1) is 13.7. The number of rotatable bonds is 5. The van der Waals surface area contributed by atoms with Crippen molar-refractivity contribution in [1.29, 1.82) is 0 Å². The molecule has 1 aromatic rings. The monoisotopic (exact) mass is 388 g/mol. The number of urea groups is 1. The van der Waals surface area contributed by atoms with Crippen LogP contribution >= 0.6 is 0 Å². The van der Waals surface area contributed by atoms with E-state index in [1.165, 1.54) is 5.56 Å². The summed E-state index contributed by atoms with van der Waals surface area (Å²) in [6, 6.07) is 10.7. The van der Waals surface area contributed by atoms with Gasteiger partial charge in [-0.1, -0.05) is 30.3 Å². The van der Waals surface area contributed by atoms with Gasteiger partial charge >= 0.3 is 12.1 Å². The molecule has 0 saturated carbocycles. The van der Waals surface area contributed by atoms with Crippen molar-refractivity contribution < 1.29 is 14.3 Å². The Balaban J connectivity index is 1.33. The first-order valence-corrected chi connectivity index (χ1v) is 10.4. The highest BCUT2D eigenvalue weighted by Crippen LogP contribution is 2.13. The van der Waals surface area contributed by atoms with E-state index in [1.807, 2.05) is 17.9 Å². The molecular weight excluding hydrogens is 356 g/mol. The maximum Gasteiger partial charge on any atom is 0.409 e. The second-order valence-electron chi connectivity index (χ2n) is 7.47. The van der Waals surface area contributed by atoms with Crippen molar-refractivity contribution in [2.75, 3.05) is 52.4 Å². The van der Waals surface area contributed by atoms with Gasteiger partial charge in [0.25, 0.3) is 0 Å². The average molecular weight is 389 g/mol. The van der Waals surface area contributed by atoms with Gasteiger partial charge < -0.3 is 19.9 Å². The summed E-state index contributed by atoms with van der Waals surface area (Å²) in [4.78, 5) is 30.4. The van der Waals surface area contributed by atoms with Gasteiger partial charge in [-0.3, -0.25) is 4.90 Å². The largest absolute Gasteiger partial charge is 0.450 e. The quantitative estimate of drug-likeness (QED) is 0.840. The zero-order chi connectivity index (χ0) is 19.8. The lowest BCUT2D eigenvalue weighted by atomic mass is 10.1. The summed E-state index contributed by atoms with van der Waals surface area (Å²) in [5, 5.41) is 3.14. The van der Waals surface area contributed by atoms with Crippen LogP contribution in [-0.2, 0) is 11.2 Å². The van der Waals surface area contributed by atoms with E-state index in [1.54, 1.807) is 4.90 Å². The Morgan fingerprint density at radius 1 is 1.00 bits per heavy atom. The van der Waals surface area contributed by atoms with Crippen LogP contribution in [-0.4, -0.2) is 85.3 Å². The summed E-state index contributed by atoms with van der Waals surface area (Å²) < 4.78 is 5.04. The molecule has 0 atom stereocenters. The normalized spacial score (nSPS) is 18.8. The fourth-order valence-corrected chi connectivity index (χ4v) is 3.79. The Hall–Kier alpha value is -2.28. The highest BCUT2D eigenvalue weighted by atomic mass is 16.6. The van der Waals surface area contributed by atoms with E-state index in [0.717, 1.165) is 52.0 Å². The van der Waals surface area contributed by atoms with Gasteiger partial charge in [-0.2, -0.15) is 0 Å². The predicted molar refractivity (Wildman–Crippen MR) is 108 cm³/mol. The fraction of sp³-hybridized carbons (Fsp3) is 0.619. The fourth-order valence-electron chi connectivity index (χ4n) is 3.79. The predicted octanol–water partition coefficient (Wildman–Crippen LogP) is 2.18. The molecule has 7 nitrogen and oxygen atoms in total. The van der Waals surface area contributed by atoms with Crippen LogP contribution in [0.15, 0.2) is 30.3 Å². The Kier molecular flexibility index (Phi) is 7.54. The van der Waals surface area contributed by atoms with E-state index in [9.17, 15) is 9.59 Å². The van der Waals surface area contributed by atoms with E-state index in [4.69, 9.17) is 4.74 Å². The van der Waals surface area contributed by atoms with Crippen LogP contribution in [0.1, 0.15) is 25.3 Å². The van der Waals surface area contributed by atoms with E-state index in [-0.39, 0.29) is 18.2 Å². The molecule has 2 heterocycles. The number of piperidine rings is 1. The SMILES string of the molecule is CCOC(=O)N1CCC(NC(=O)N2CCN(CCc3ccccc3)CC2)CC1. The molecule has 1 aromatic carbocycles. The minimum Gasteiger partial charge on any atom is -0.450 e. The molecule has 3 rings (SSSR count). The number of hydrogen-bond acceptors (Lipinski definition) is 4. The lowest BCUT2D eigenvalue weighted by Crippen LogP contribution is -2.55. The number of nitrogens with zero attached hydrogens (tertiary/aromatic N) is 3. The Morgan fingerprint density at radius 3 is 2.32 bits per heavy atom. The number of amides is 3.